The SMILES string of the molecule is N#CCOc1ccccc1NC(=O)c1cc2sccc2s1. The number of amides is 1. The summed E-state index contributed by atoms with van der Waals surface area (Å²) < 4.78 is 7.52. The van der Waals surface area contributed by atoms with Crippen LogP contribution in [0.5, 0.6) is 5.75 Å². The Morgan fingerprint density at radius 3 is 2.95 bits per heavy atom. The number of nitriles is 1. The number of carbonyl (C=O) groups is 1. The van der Waals surface area contributed by atoms with E-state index in [4.69, 9.17) is 10.00 Å². The zero-order valence-electron chi connectivity index (χ0n) is 10.8. The average molecular weight is 314 g/mol. The quantitative estimate of drug-likeness (QED) is 0.788. The van der Waals surface area contributed by atoms with Crippen LogP contribution in [0.25, 0.3) is 9.40 Å². The number of rotatable bonds is 4. The van der Waals surface area contributed by atoms with E-state index in [1.54, 1.807) is 29.5 Å². The standard InChI is InChI=1S/C15H10N2O2S2/c16-6-7-19-11-4-2-1-3-10(11)17-15(18)14-9-13-12(21-14)5-8-20-13/h1-5,8-9H,7H2,(H,17,18). The van der Waals surface area contributed by atoms with Crippen LogP contribution < -0.4 is 10.1 Å². The first-order valence-electron chi connectivity index (χ1n) is 6.15. The molecular weight excluding hydrogens is 304 g/mol. The van der Waals surface area contributed by atoms with E-state index in [9.17, 15) is 4.79 Å². The summed E-state index contributed by atoms with van der Waals surface area (Å²) in [5.41, 5.74) is 0.564. The van der Waals surface area contributed by atoms with Crippen molar-refractivity contribution in [1.82, 2.24) is 0 Å². The van der Waals surface area contributed by atoms with E-state index >= 15 is 0 Å². The Bertz CT molecular complexity index is 801. The zero-order valence-corrected chi connectivity index (χ0v) is 12.5. The summed E-state index contributed by atoms with van der Waals surface area (Å²) in [6, 6.07) is 12.9. The minimum Gasteiger partial charge on any atom is -0.477 e. The highest BCUT2D eigenvalue weighted by Crippen LogP contribution is 2.31. The molecule has 0 bridgehead atoms. The number of para-hydroxylation sites is 2. The van der Waals surface area contributed by atoms with E-state index in [0.717, 1.165) is 9.40 Å². The Labute approximate surface area is 129 Å². The molecule has 1 aromatic carbocycles. The molecule has 2 heterocycles. The number of anilines is 1. The van der Waals surface area contributed by atoms with E-state index < -0.39 is 0 Å². The molecule has 3 rings (SSSR count). The van der Waals surface area contributed by atoms with Gasteiger partial charge in [0.05, 0.1) is 10.6 Å². The van der Waals surface area contributed by atoms with Crippen molar-refractivity contribution in [3.8, 4) is 11.8 Å². The fourth-order valence-corrected chi connectivity index (χ4v) is 3.87. The molecule has 0 aliphatic carbocycles. The Morgan fingerprint density at radius 2 is 2.14 bits per heavy atom. The Balaban J connectivity index is 1.81. The number of fused-ring (bicyclic) bond motifs is 1. The van der Waals surface area contributed by atoms with Crippen molar-refractivity contribution in [2.24, 2.45) is 0 Å². The van der Waals surface area contributed by atoms with E-state index in [1.807, 2.05) is 29.6 Å². The minimum atomic E-state index is -0.170. The lowest BCUT2D eigenvalue weighted by Gasteiger charge is -2.09. The molecular formula is C15H10N2O2S2. The van der Waals surface area contributed by atoms with Gasteiger partial charge in [-0.1, -0.05) is 12.1 Å². The van der Waals surface area contributed by atoms with Crippen molar-refractivity contribution in [2.45, 2.75) is 0 Å². The highest BCUT2D eigenvalue weighted by atomic mass is 32.1. The van der Waals surface area contributed by atoms with Crippen molar-refractivity contribution in [3.63, 3.8) is 0 Å². The largest absolute Gasteiger partial charge is 0.477 e. The predicted octanol–water partition coefficient (Wildman–Crippen LogP) is 4.12. The third kappa shape index (κ3) is 2.89. The third-order valence-electron chi connectivity index (χ3n) is 2.79. The highest BCUT2D eigenvalue weighted by molar-refractivity contribution is 7.27. The van der Waals surface area contributed by atoms with Crippen LogP contribution in [-0.2, 0) is 0 Å². The third-order valence-corrected chi connectivity index (χ3v) is 4.88. The maximum absolute atomic E-state index is 12.3. The van der Waals surface area contributed by atoms with E-state index in [1.165, 1.54) is 11.3 Å². The van der Waals surface area contributed by atoms with Crippen LogP contribution in [0.2, 0.25) is 0 Å². The molecule has 0 saturated heterocycles. The predicted molar refractivity (Wildman–Crippen MR) is 85.2 cm³/mol. The fraction of sp³-hybridized carbons (Fsp3) is 0.0667. The number of ether oxygens (including phenoxy) is 1. The summed E-state index contributed by atoms with van der Waals surface area (Å²) in [7, 11) is 0. The van der Waals surface area contributed by atoms with Crippen molar-refractivity contribution in [3.05, 3.63) is 46.7 Å². The molecule has 0 unspecified atom stereocenters. The molecule has 21 heavy (non-hydrogen) atoms. The first-order valence-corrected chi connectivity index (χ1v) is 7.85. The van der Waals surface area contributed by atoms with Crippen molar-refractivity contribution < 1.29 is 9.53 Å². The van der Waals surface area contributed by atoms with Crippen LogP contribution in [0.4, 0.5) is 5.69 Å². The van der Waals surface area contributed by atoms with Crippen LogP contribution in [-0.4, -0.2) is 12.5 Å². The topological polar surface area (TPSA) is 62.1 Å². The molecule has 0 radical (unpaired) electrons. The van der Waals surface area contributed by atoms with Gasteiger partial charge in [0.15, 0.2) is 6.61 Å². The summed E-state index contributed by atoms with van der Waals surface area (Å²) in [6.45, 7) is -0.0540. The second-order valence-corrected chi connectivity index (χ2v) is 6.19. The van der Waals surface area contributed by atoms with Crippen molar-refractivity contribution in [2.75, 3.05) is 11.9 Å². The summed E-state index contributed by atoms with van der Waals surface area (Å²) >= 11 is 3.08. The number of benzene rings is 1. The number of nitrogens with zero attached hydrogens (tertiary/aromatic N) is 1. The van der Waals surface area contributed by atoms with Crippen LogP contribution >= 0.6 is 22.7 Å². The number of nitrogens with one attached hydrogen (secondary N) is 1. The lowest BCUT2D eigenvalue weighted by molar-refractivity contribution is 0.103. The molecule has 3 aromatic rings. The lowest BCUT2D eigenvalue weighted by atomic mass is 10.3. The van der Waals surface area contributed by atoms with Crippen LogP contribution in [0, 0.1) is 11.3 Å². The smallest absolute Gasteiger partial charge is 0.265 e. The number of carbonyl (C=O) groups excluding carboxylic acids is 1. The second-order valence-electron chi connectivity index (χ2n) is 4.16. The fourth-order valence-electron chi connectivity index (χ4n) is 1.87. The molecule has 1 N–H and O–H groups in total. The monoisotopic (exact) mass is 314 g/mol. The number of hydrogen-bond acceptors (Lipinski definition) is 5. The first-order chi connectivity index (χ1) is 10.3. The van der Waals surface area contributed by atoms with Crippen LogP contribution in [0.3, 0.4) is 0 Å². The summed E-state index contributed by atoms with van der Waals surface area (Å²) in [6.07, 6.45) is 0. The molecule has 0 spiro atoms. The van der Waals surface area contributed by atoms with Crippen LogP contribution in [0.1, 0.15) is 9.67 Å². The molecule has 104 valence electrons. The number of thiophene rings is 2. The summed E-state index contributed by atoms with van der Waals surface area (Å²) in [4.78, 5) is 13.0. The van der Waals surface area contributed by atoms with Gasteiger partial charge in [0.25, 0.3) is 5.91 Å². The van der Waals surface area contributed by atoms with Gasteiger partial charge < -0.3 is 10.1 Å². The normalized spacial score (nSPS) is 10.2. The van der Waals surface area contributed by atoms with E-state index in [2.05, 4.69) is 5.32 Å². The van der Waals surface area contributed by atoms with Gasteiger partial charge in [0.2, 0.25) is 0 Å². The van der Waals surface area contributed by atoms with Crippen molar-refractivity contribution >= 4 is 43.7 Å². The minimum absolute atomic E-state index is 0.0540. The molecule has 0 fully saturated rings. The van der Waals surface area contributed by atoms with E-state index in [0.29, 0.717) is 16.3 Å². The average Bonchev–Trinajstić information content (AvgIpc) is 3.07. The van der Waals surface area contributed by atoms with Gasteiger partial charge in [-0.15, -0.1) is 22.7 Å². The van der Waals surface area contributed by atoms with E-state index in [-0.39, 0.29) is 12.5 Å². The van der Waals surface area contributed by atoms with Crippen molar-refractivity contribution in [1.29, 1.82) is 5.26 Å². The van der Waals surface area contributed by atoms with Gasteiger partial charge in [-0.2, -0.15) is 5.26 Å². The second kappa shape index (κ2) is 5.95. The Hall–Kier alpha value is -2.36. The maximum atomic E-state index is 12.3. The van der Waals surface area contributed by atoms with Gasteiger partial charge in [0.1, 0.15) is 11.8 Å². The molecule has 0 atom stereocenters. The van der Waals surface area contributed by atoms with Gasteiger partial charge in [-0.25, -0.2) is 0 Å². The number of hydrogen-bond donors (Lipinski definition) is 1. The molecule has 0 saturated carbocycles. The molecule has 0 aliphatic heterocycles. The summed E-state index contributed by atoms with van der Waals surface area (Å²) in [5.74, 6) is 0.321. The van der Waals surface area contributed by atoms with Gasteiger partial charge in [-0.3, -0.25) is 4.79 Å². The molecule has 0 aliphatic rings. The zero-order chi connectivity index (χ0) is 14.7. The first kappa shape index (κ1) is 13.6. The maximum Gasteiger partial charge on any atom is 0.265 e. The van der Waals surface area contributed by atoms with Gasteiger partial charge in [-0.05, 0) is 29.6 Å². The molecule has 2 aromatic heterocycles. The molecule has 6 heteroatoms. The molecule has 4 nitrogen and oxygen atoms in total. The Morgan fingerprint density at radius 1 is 1.29 bits per heavy atom. The Kier molecular flexibility index (Phi) is 3.86. The molecule has 1 amide bonds. The van der Waals surface area contributed by atoms with Crippen LogP contribution in [0.15, 0.2) is 41.8 Å². The highest BCUT2D eigenvalue weighted by Gasteiger charge is 2.13. The summed E-state index contributed by atoms with van der Waals surface area (Å²) in [5, 5.41) is 13.4. The van der Waals surface area contributed by atoms with Gasteiger partial charge >= 0.3 is 0 Å². The van der Waals surface area contributed by atoms with Gasteiger partial charge in [0, 0.05) is 9.40 Å². The lowest BCUT2D eigenvalue weighted by Crippen LogP contribution is -2.11.